The average Bonchev–Trinajstić information content (AvgIpc) is 3.50. The maximum absolute atomic E-state index is 12.5. The normalized spacial score (nSPS) is 14.3. The Morgan fingerprint density at radius 3 is 2.55 bits per heavy atom. The van der Waals surface area contributed by atoms with Crippen molar-refractivity contribution in [3.63, 3.8) is 0 Å². The van der Waals surface area contributed by atoms with E-state index in [-0.39, 0.29) is 30.4 Å². The Labute approximate surface area is 244 Å². The van der Waals surface area contributed by atoms with Gasteiger partial charge in [0.1, 0.15) is 28.9 Å². The fourth-order valence-corrected chi connectivity index (χ4v) is 5.51. The van der Waals surface area contributed by atoms with Crippen LogP contribution in [0.4, 0.5) is 10.5 Å². The van der Waals surface area contributed by atoms with Gasteiger partial charge in [-0.25, -0.2) is 9.78 Å². The van der Waals surface area contributed by atoms with E-state index >= 15 is 0 Å². The largest absolute Gasteiger partial charge is 0.490 e. The fraction of sp³-hybridized carbons (Fsp3) is 0.393. The molecule has 12 heteroatoms. The van der Waals surface area contributed by atoms with E-state index in [0.717, 1.165) is 32.5 Å². The maximum atomic E-state index is 12.5. The first-order chi connectivity index (χ1) is 19.1. The van der Waals surface area contributed by atoms with E-state index in [9.17, 15) is 9.59 Å². The fourth-order valence-electron chi connectivity index (χ4n) is 4.22. The zero-order chi connectivity index (χ0) is 28.3. The predicted octanol–water partition coefficient (Wildman–Crippen LogP) is 5.99. The summed E-state index contributed by atoms with van der Waals surface area (Å²) in [6.07, 6.45) is 1.54. The molecule has 210 valence electrons. The number of ether oxygens (including phenoxy) is 2. The molecule has 0 radical (unpaired) electrons. The summed E-state index contributed by atoms with van der Waals surface area (Å²) >= 11 is 5.03. The number of hydrogen-bond donors (Lipinski definition) is 1. The van der Waals surface area contributed by atoms with E-state index < -0.39 is 5.60 Å². The second-order valence-electron chi connectivity index (χ2n) is 10.5. The number of aromatic nitrogens is 3. The van der Waals surface area contributed by atoms with Gasteiger partial charge < -0.3 is 24.1 Å². The van der Waals surface area contributed by atoms with Crippen LogP contribution in [0.3, 0.4) is 0 Å². The molecule has 4 aromatic rings. The predicted molar refractivity (Wildman–Crippen MR) is 155 cm³/mol. The number of thiazole rings is 1. The lowest BCUT2D eigenvalue weighted by Gasteiger charge is -2.33. The third-order valence-electron chi connectivity index (χ3n) is 6.05. The van der Waals surface area contributed by atoms with Crippen LogP contribution in [0.15, 0.2) is 51.4 Å². The summed E-state index contributed by atoms with van der Waals surface area (Å²) in [7, 11) is 0. The highest BCUT2D eigenvalue weighted by molar-refractivity contribution is 9.10. The summed E-state index contributed by atoms with van der Waals surface area (Å²) in [5, 5.41) is 11.8. The number of hydrogen-bond acceptors (Lipinski definition) is 9. The van der Waals surface area contributed by atoms with E-state index in [4.69, 9.17) is 13.9 Å². The van der Waals surface area contributed by atoms with E-state index in [1.165, 1.54) is 0 Å². The SMILES string of the molecule is CC(C)(C)OC(=O)N1CCC(Oc2ccc(NC(=O)Cc3nnc(Cc4nc5cc(Br)ccc5s4)o3)cc2)CC1. The molecule has 3 heterocycles. The Bertz CT molecular complexity index is 1490. The summed E-state index contributed by atoms with van der Waals surface area (Å²) in [6.45, 7) is 6.76. The van der Waals surface area contributed by atoms with Gasteiger partial charge in [0.2, 0.25) is 17.7 Å². The minimum absolute atomic E-state index is 0.00971. The third kappa shape index (κ3) is 7.57. The Morgan fingerprint density at radius 2 is 1.82 bits per heavy atom. The molecule has 0 saturated carbocycles. The third-order valence-corrected chi connectivity index (χ3v) is 7.58. The van der Waals surface area contributed by atoms with Crippen LogP contribution in [0.1, 0.15) is 50.4 Å². The second-order valence-corrected chi connectivity index (χ2v) is 12.6. The molecule has 1 aliphatic heterocycles. The van der Waals surface area contributed by atoms with E-state index in [1.54, 1.807) is 28.4 Å². The number of anilines is 1. The van der Waals surface area contributed by atoms with E-state index in [1.807, 2.05) is 51.1 Å². The van der Waals surface area contributed by atoms with Crippen molar-refractivity contribution in [3.05, 3.63) is 63.7 Å². The van der Waals surface area contributed by atoms with Gasteiger partial charge in [-0.2, -0.15) is 0 Å². The van der Waals surface area contributed by atoms with Crippen molar-refractivity contribution in [1.29, 1.82) is 0 Å². The van der Waals surface area contributed by atoms with Crippen LogP contribution in [-0.2, 0) is 22.4 Å². The molecule has 1 saturated heterocycles. The lowest BCUT2D eigenvalue weighted by Crippen LogP contribution is -2.44. The monoisotopic (exact) mass is 627 g/mol. The number of nitrogens with zero attached hydrogens (tertiary/aromatic N) is 4. The average molecular weight is 629 g/mol. The van der Waals surface area contributed by atoms with Gasteiger partial charge in [0, 0.05) is 36.1 Å². The van der Waals surface area contributed by atoms with E-state index in [0.29, 0.717) is 36.8 Å². The zero-order valence-corrected chi connectivity index (χ0v) is 24.9. The van der Waals surface area contributed by atoms with Gasteiger partial charge in [0.05, 0.1) is 16.6 Å². The molecule has 0 spiro atoms. The summed E-state index contributed by atoms with van der Waals surface area (Å²) in [5.41, 5.74) is 1.04. The smallest absolute Gasteiger partial charge is 0.410 e. The first-order valence-electron chi connectivity index (χ1n) is 13.0. The van der Waals surface area contributed by atoms with Crippen LogP contribution in [-0.4, -0.2) is 56.9 Å². The number of carbonyl (C=O) groups excluding carboxylic acids is 2. The van der Waals surface area contributed by atoms with Crippen LogP contribution in [0, 0.1) is 0 Å². The maximum Gasteiger partial charge on any atom is 0.410 e. The highest BCUT2D eigenvalue weighted by atomic mass is 79.9. The van der Waals surface area contributed by atoms with Crippen molar-refractivity contribution in [2.45, 2.75) is 58.2 Å². The summed E-state index contributed by atoms with van der Waals surface area (Å²) in [5.74, 6) is 1.11. The lowest BCUT2D eigenvalue weighted by molar-refractivity contribution is -0.115. The Kier molecular flexibility index (Phi) is 8.36. The van der Waals surface area contributed by atoms with Crippen molar-refractivity contribution in [2.75, 3.05) is 18.4 Å². The number of carbonyl (C=O) groups is 2. The number of piperidine rings is 1. The van der Waals surface area contributed by atoms with Crippen molar-refractivity contribution in [1.82, 2.24) is 20.1 Å². The number of nitrogens with one attached hydrogen (secondary N) is 1. The van der Waals surface area contributed by atoms with Gasteiger partial charge in [-0.05, 0) is 63.2 Å². The topological polar surface area (TPSA) is 120 Å². The first kappa shape index (κ1) is 28.0. The number of halogens is 1. The molecule has 0 bridgehead atoms. The van der Waals surface area contributed by atoms with Crippen LogP contribution >= 0.6 is 27.3 Å². The Morgan fingerprint density at radius 1 is 1.10 bits per heavy atom. The molecule has 1 N–H and O–H groups in total. The molecule has 2 aromatic carbocycles. The number of benzene rings is 2. The standard InChI is InChI=1S/C28H30BrN5O5S/c1-28(2,3)39-27(36)34-12-10-20(11-13-34)37-19-7-5-18(6-8-19)30-23(35)15-24-32-33-25(38-24)16-26-31-21-14-17(29)4-9-22(21)40-26/h4-9,14,20H,10-13,15-16H2,1-3H3,(H,30,35). The quantitative estimate of drug-likeness (QED) is 0.265. The molecule has 2 amide bonds. The summed E-state index contributed by atoms with van der Waals surface area (Å²) < 4.78 is 19.3. The number of fused-ring (bicyclic) bond motifs is 1. The number of amides is 2. The van der Waals surface area contributed by atoms with Crippen molar-refractivity contribution in [2.24, 2.45) is 0 Å². The molecule has 5 rings (SSSR count). The minimum atomic E-state index is -0.508. The molecule has 0 atom stereocenters. The van der Waals surface area contributed by atoms with Crippen molar-refractivity contribution in [3.8, 4) is 5.75 Å². The zero-order valence-electron chi connectivity index (χ0n) is 22.5. The molecular weight excluding hydrogens is 598 g/mol. The van der Waals surface area contributed by atoms with Gasteiger partial charge in [-0.15, -0.1) is 21.5 Å². The van der Waals surface area contributed by atoms with E-state index in [2.05, 4.69) is 36.4 Å². The molecular formula is C28H30BrN5O5S. The summed E-state index contributed by atoms with van der Waals surface area (Å²) in [4.78, 5) is 31.1. The van der Waals surface area contributed by atoms with Gasteiger partial charge in [0.25, 0.3) is 0 Å². The van der Waals surface area contributed by atoms with Crippen molar-refractivity contribution >= 4 is 55.2 Å². The molecule has 0 aliphatic carbocycles. The Balaban J connectivity index is 1.07. The van der Waals surface area contributed by atoms with Gasteiger partial charge in [0.15, 0.2) is 0 Å². The van der Waals surface area contributed by atoms with Crippen LogP contribution in [0.5, 0.6) is 5.75 Å². The molecule has 1 fully saturated rings. The molecule has 2 aromatic heterocycles. The van der Waals surface area contributed by atoms with Crippen LogP contribution in [0.25, 0.3) is 10.2 Å². The van der Waals surface area contributed by atoms with Gasteiger partial charge in [-0.1, -0.05) is 15.9 Å². The van der Waals surface area contributed by atoms with Gasteiger partial charge >= 0.3 is 6.09 Å². The van der Waals surface area contributed by atoms with Crippen molar-refractivity contribution < 1.29 is 23.5 Å². The molecule has 40 heavy (non-hydrogen) atoms. The van der Waals surface area contributed by atoms with Crippen LogP contribution < -0.4 is 10.1 Å². The second kappa shape index (κ2) is 11.9. The van der Waals surface area contributed by atoms with Crippen LogP contribution in [0.2, 0.25) is 0 Å². The molecule has 1 aliphatic rings. The number of likely N-dealkylation sites (tertiary alicyclic amines) is 1. The minimum Gasteiger partial charge on any atom is -0.490 e. The van der Waals surface area contributed by atoms with Gasteiger partial charge in [-0.3, -0.25) is 4.79 Å². The lowest BCUT2D eigenvalue weighted by atomic mass is 10.1. The number of rotatable bonds is 7. The molecule has 10 nitrogen and oxygen atoms in total. The Hall–Kier alpha value is -3.51. The highest BCUT2D eigenvalue weighted by Gasteiger charge is 2.27. The summed E-state index contributed by atoms with van der Waals surface area (Å²) in [6, 6.07) is 13.2. The highest BCUT2D eigenvalue weighted by Crippen LogP contribution is 2.27. The molecule has 0 unspecified atom stereocenters. The first-order valence-corrected chi connectivity index (χ1v) is 14.6.